The fraction of sp³-hybridized carbons (Fsp3) is 0.500. The lowest BCUT2D eigenvalue weighted by Crippen LogP contribution is -2.32. The summed E-state index contributed by atoms with van der Waals surface area (Å²) in [6.45, 7) is 4.03. The molecule has 3 nitrogen and oxygen atoms in total. The number of esters is 1. The average molecular weight is 289 g/mol. The monoisotopic (exact) mass is 289 g/mol. The van der Waals surface area contributed by atoms with Gasteiger partial charge in [0.1, 0.15) is 6.04 Å². The van der Waals surface area contributed by atoms with E-state index in [1.165, 1.54) is 18.2 Å². The predicted molar refractivity (Wildman–Crippen MR) is 69.1 cm³/mol. The number of benzene rings is 1. The molecule has 20 heavy (non-hydrogen) atoms. The maximum absolute atomic E-state index is 13.0. The van der Waals surface area contributed by atoms with E-state index < -0.39 is 23.8 Å². The van der Waals surface area contributed by atoms with E-state index in [-0.39, 0.29) is 12.2 Å². The second-order valence-electron chi connectivity index (χ2n) is 4.22. The lowest BCUT2D eigenvalue weighted by Gasteiger charge is -2.21. The first-order chi connectivity index (χ1) is 9.41. The standard InChI is InChI=1S/C14H18F3NO2/c1-3-9-18-12(13(19)20-4-2)10-7-5-6-8-11(10)14(15,16)17/h5-8,12,18H,3-4,9H2,1-2H3. The Morgan fingerprint density at radius 1 is 1.30 bits per heavy atom. The van der Waals surface area contributed by atoms with E-state index in [1.807, 2.05) is 6.92 Å². The van der Waals surface area contributed by atoms with Crippen LogP contribution in [0.2, 0.25) is 0 Å². The average Bonchev–Trinajstić information content (AvgIpc) is 2.39. The number of nitrogens with one attached hydrogen (secondary N) is 1. The molecule has 1 aromatic rings. The molecule has 0 aromatic heterocycles. The van der Waals surface area contributed by atoms with Crippen LogP contribution in [0, 0.1) is 0 Å². The van der Waals surface area contributed by atoms with Crippen LogP contribution in [0.3, 0.4) is 0 Å². The molecule has 0 bridgehead atoms. The molecule has 1 unspecified atom stereocenters. The van der Waals surface area contributed by atoms with Crippen molar-refractivity contribution in [2.45, 2.75) is 32.5 Å². The molecule has 0 heterocycles. The van der Waals surface area contributed by atoms with Crippen LogP contribution in [0.5, 0.6) is 0 Å². The van der Waals surface area contributed by atoms with Crippen molar-refractivity contribution in [2.24, 2.45) is 0 Å². The van der Waals surface area contributed by atoms with E-state index in [0.29, 0.717) is 13.0 Å². The molecular weight excluding hydrogens is 271 g/mol. The van der Waals surface area contributed by atoms with Gasteiger partial charge in [-0.1, -0.05) is 25.1 Å². The van der Waals surface area contributed by atoms with Crippen molar-refractivity contribution in [3.05, 3.63) is 35.4 Å². The van der Waals surface area contributed by atoms with E-state index in [9.17, 15) is 18.0 Å². The van der Waals surface area contributed by atoms with E-state index >= 15 is 0 Å². The molecule has 0 saturated carbocycles. The molecule has 112 valence electrons. The van der Waals surface area contributed by atoms with Crippen molar-refractivity contribution < 1.29 is 22.7 Å². The topological polar surface area (TPSA) is 38.3 Å². The van der Waals surface area contributed by atoms with Crippen molar-refractivity contribution in [3.63, 3.8) is 0 Å². The minimum atomic E-state index is -4.50. The van der Waals surface area contributed by atoms with Gasteiger partial charge in [-0.3, -0.25) is 0 Å². The third-order valence-electron chi connectivity index (χ3n) is 2.70. The van der Waals surface area contributed by atoms with Crippen LogP contribution in [-0.2, 0) is 15.7 Å². The van der Waals surface area contributed by atoms with Gasteiger partial charge in [-0.15, -0.1) is 0 Å². The number of halogens is 3. The van der Waals surface area contributed by atoms with E-state index in [4.69, 9.17) is 4.74 Å². The molecule has 0 spiro atoms. The van der Waals surface area contributed by atoms with Gasteiger partial charge in [0.15, 0.2) is 0 Å². The van der Waals surface area contributed by atoms with Crippen molar-refractivity contribution in [3.8, 4) is 0 Å². The number of hydrogen-bond donors (Lipinski definition) is 1. The lowest BCUT2D eigenvalue weighted by molar-refractivity contribution is -0.147. The van der Waals surface area contributed by atoms with Crippen LogP contribution in [0.25, 0.3) is 0 Å². The van der Waals surface area contributed by atoms with Gasteiger partial charge in [-0.25, -0.2) is 4.79 Å². The Morgan fingerprint density at radius 2 is 1.95 bits per heavy atom. The maximum Gasteiger partial charge on any atom is 0.416 e. The molecule has 0 aliphatic heterocycles. The molecule has 0 saturated heterocycles. The molecule has 1 rings (SSSR count). The Morgan fingerprint density at radius 3 is 2.50 bits per heavy atom. The van der Waals surface area contributed by atoms with Gasteiger partial charge in [-0.05, 0) is 31.5 Å². The van der Waals surface area contributed by atoms with Gasteiger partial charge in [0.05, 0.1) is 12.2 Å². The van der Waals surface area contributed by atoms with Crippen LogP contribution < -0.4 is 5.32 Å². The molecule has 1 aromatic carbocycles. The van der Waals surface area contributed by atoms with Gasteiger partial charge in [0.25, 0.3) is 0 Å². The number of rotatable bonds is 6. The third-order valence-corrected chi connectivity index (χ3v) is 2.70. The summed E-state index contributed by atoms with van der Waals surface area (Å²) < 4.78 is 43.9. The second-order valence-corrected chi connectivity index (χ2v) is 4.22. The van der Waals surface area contributed by atoms with Crippen LogP contribution in [-0.4, -0.2) is 19.1 Å². The van der Waals surface area contributed by atoms with Gasteiger partial charge >= 0.3 is 12.1 Å². The van der Waals surface area contributed by atoms with Crippen molar-refractivity contribution in [1.29, 1.82) is 0 Å². The number of alkyl halides is 3. The first-order valence-corrected chi connectivity index (χ1v) is 6.48. The highest BCUT2D eigenvalue weighted by molar-refractivity contribution is 5.78. The quantitative estimate of drug-likeness (QED) is 0.817. The Labute approximate surface area is 116 Å². The molecule has 0 radical (unpaired) electrons. The number of ether oxygens (including phenoxy) is 1. The number of hydrogen-bond acceptors (Lipinski definition) is 3. The zero-order valence-corrected chi connectivity index (χ0v) is 11.5. The summed E-state index contributed by atoms with van der Waals surface area (Å²) in [5.74, 6) is -0.697. The largest absolute Gasteiger partial charge is 0.465 e. The second kappa shape index (κ2) is 7.28. The highest BCUT2D eigenvalue weighted by atomic mass is 19.4. The number of carbonyl (C=O) groups is 1. The van der Waals surface area contributed by atoms with Crippen LogP contribution in [0.1, 0.15) is 37.4 Å². The molecule has 0 aliphatic rings. The normalized spacial score (nSPS) is 13.1. The summed E-state index contributed by atoms with van der Waals surface area (Å²) in [5, 5.41) is 2.81. The summed E-state index contributed by atoms with van der Waals surface area (Å²) in [6, 6.07) is 3.94. The lowest BCUT2D eigenvalue weighted by atomic mass is 9.99. The number of carbonyl (C=O) groups excluding carboxylic acids is 1. The highest BCUT2D eigenvalue weighted by Gasteiger charge is 2.36. The summed E-state index contributed by atoms with van der Waals surface area (Å²) in [7, 11) is 0. The van der Waals surface area contributed by atoms with Crippen molar-refractivity contribution in [1.82, 2.24) is 5.32 Å². The summed E-state index contributed by atoms with van der Waals surface area (Å²) >= 11 is 0. The van der Waals surface area contributed by atoms with Gasteiger partial charge in [-0.2, -0.15) is 13.2 Å². The van der Waals surface area contributed by atoms with Crippen molar-refractivity contribution in [2.75, 3.05) is 13.2 Å². The van der Waals surface area contributed by atoms with Crippen molar-refractivity contribution >= 4 is 5.97 Å². The molecule has 6 heteroatoms. The molecule has 1 atom stereocenters. The first-order valence-electron chi connectivity index (χ1n) is 6.48. The molecule has 1 N–H and O–H groups in total. The van der Waals surface area contributed by atoms with E-state index in [0.717, 1.165) is 6.07 Å². The summed E-state index contributed by atoms with van der Waals surface area (Å²) in [6.07, 6.45) is -3.81. The van der Waals surface area contributed by atoms with Crippen LogP contribution in [0.15, 0.2) is 24.3 Å². The third kappa shape index (κ3) is 4.23. The minimum absolute atomic E-state index is 0.105. The smallest absolute Gasteiger partial charge is 0.416 e. The first kappa shape index (κ1) is 16.5. The van der Waals surface area contributed by atoms with E-state index in [2.05, 4.69) is 5.32 Å². The van der Waals surface area contributed by atoms with Gasteiger partial charge in [0.2, 0.25) is 0 Å². The predicted octanol–water partition coefficient (Wildman–Crippen LogP) is 3.31. The van der Waals surface area contributed by atoms with Crippen LogP contribution >= 0.6 is 0 Å². The van der Waals surface area contributed by atoms with Gasteiger partial charge < -0.3 is 10.1 Å². The van der Waals surface area contributed by atoms with E-state index in [1.54, 1.807) is 6.92 Å². The Kier molecular flexibility index (Phi) is 6.01. The minimum Gasteiger partial charge on any atom is -0.465 e. The fourth-order valence-electron chi connectivity index (χ4n) is 1.84. The Bertz CT molecular complexity index is 446. The van der Waals surface area contributed by atoms with Gasteiger partial charge in [0, 0.05) is 0 Å². The zero-order valence-electron chi connectivity index (χ0n) is 11.5. The Hall–Kier alpha value is -1.56. The molecule has 0 amide bonds. The zero-order chi connectivity index (χ0) is 15.2. The van der Waals surface area contributed by atoms with Crippen LogP contribution in [0.4, 0.5) is 13.2 Å². The molecule has 0 aliphatic carbocycles. The highest BCUT2D eigenvalue weighted by Crippen LogP contribution is 2.34. The Balaban J connectivity index is 3.16. The molecule has 0 fully saturated rings. The summed E-state index contributed by atoms with van der Waals surface area (Å²) in [5.41, 5.74) is -0.923. The fourth-order valence-corrected chi connectivity index (χ4v) is 1.84. The molecular formula is C14H18F3NO2. The SMILES string of the molecule is CCCNC(C(=O)OCC)c1ccccc1C(F)(F)F. The summed E-state index contributed by atoms with van der Waals surface area (Å²) in [4.78, 5) is 11.9. The maximum atomic E-state index is 13.0.